The van der Waals surface area contributed by atoms with E-state index in [4.69, 9.17) is 9.47 Å². The van der Waals surface area contributed by atoms with Crippen LogP contribution >= 0.6 is 0 Å². The van der Waals surface area contributed by atoms with Crippen molar-refractivity contribution in [3.8, 4) is 17.6 Å². The predicted octanol–water partition coefficient (Wildman–Crippen LogP) is 3.64. The number of nitrogens with zero attached hydrogens (tertiary/aromatic N) is 1. The highest BCUT2D eigenvalue weighted by atomic mass is 16.5. The van der Waals surface area contributed by atoms with Crippen molar-refractivity contribution in [2.75, 3.05) is 19.5 Å². The highest BCUT2D eigenvalue weighted by Crippen LogP contribution is 2.27. The molecular weight excluding hydrogens is 316 g/mol. The first-order valence-electron chi connectivity index (χ1n) is 7.97. The van der Waals surface area contributed by atoms with Crippen molar-refractivity contribution < 1.29 is 14.3 Å². The maximum absolute atomic E-state index is 12.5. The van der Waals surface area contributed by atoms with Gasteiger partial charge in [-0.15, -0.1) is 0 Å². The average molecular weight is 338 g/mol. The number of nitrogens with one attached hydrogen (secondary N) is 1. The molecule has 0 spiro atoms. The van der Waals surface area contributed by atoms with Crippen molar-refractivity contribution in [2.24, 2.45) is 5.92 Å². The molecule has 5 heteroatoms. The molecule has 2 aromatic carbocycles. The number of amides is 1. The number of benzene rings is 2. The molecule has 0 fully saturated rings. The van der Waals surface area contributed by atoms with Gasteiger partial charge in [0.15, 0.2) is 0 Å². The van der Waals surface area contributed by atoms with Crippen LogP contribution in [0.2, 0.25) is 0 Å². The van der Waals surface area contributed by atoms with Crippen LogP contribution in [-0.2, 0) is 11.2 Å². The minimum atomic E-state index is -0.831. The quantitative estimate of drug-likeness (QED) is 0.873. The fourth-order valence-electron chi connectivity index (χ4n) is 2.51. The van der Waals surface area contributed by atoms with Gasteiger partial charge in [0, 0.05) is 12.1 Å². The number of hydrogen-bond acceptors (Lipinski definition) is 4. The largest absolute Gasteiger partial charge is 0.497 e. The van der Waals surface area contributed by atoms with Crippen molar-refractivity contribution in [2.45, 2.75) is 20.3 Å². The van der Waals surface area contributed by atoms with Gasteiger partial charge in [0.25, 0.3) is 0 Å². The summed E-state index contributed by atoms with van der Waals surface area (Å²) in [6.07, 6.45) is 0.244. The number of hydrogen-bond donors (Lipinski definition) is 1. The number of ether oxygens (including phenoxy) is 2. The number of carbonyl (C=O) groups is 1. The summed E-state index contributed by atoms with van der Waals surface area (Å²) in [5, 5.41) is 12.3. The van der Waals surface area contributed by atoms with E-state index in [2.05, 4.69) is 11.4 Å². The Balaban J connectivity index is 2.18. The second kappa shape index (κ2) is 8.20. The Bertz CT molecular complexity index is 809. The highest BCUT2D eigenvalue weighted by molar-refractivity contribution is 5.94. The average Bonchev–Trinajstić information content (AvgIpc) is 2.62. The van der Waals surface area contributed by atoms with E-state index in [0.29, 0.717) is 17.2 Å². The number of aryl methyl sites for hydroxylation is 2. The number of nitriles is 1. The molecule has 0 bridgehead atoms. The van der Waals surface area contributed by atoms with Crippen LogP contribution < -0.4 is 14.8 Å². The molecule has 5 nitrogen and oxygen atoms in total. The van der Waals surface area contributed by atoms with Crippen LogP contribution in [0.5, 0.6) is 11.5 Å². The Labute approximate surface area is 148 Å². The molecule has 0 aromatic heterocycles. The third-order valence-corrected chi connectivity index (χ3v) is 4.16. The molecule has 0 heterocycles. The summed E-state index contributed by atoms with van der Waals surface area (Å²) in [5.41, 5.74) is 3.67. The number of rotatable bonds is 6. The summed E-state index contributed by atoms with van der Waals surface area (Å²) in [5.74, 6) is 0.111. The molecule has 0 aliphatic carbocycles. The second-order valence-corrected chi connectivity index (χ2v) is 5.85. The third-order valence-electron chi connectivity index (χ3n) is 4.16. The lowest BCUT2D eigenvalue weighted by molar-refractivity contribution is -0.118. The lowest BCUT2D eigenvalue weighted by Crippen LogP contribution is -2.23. The Morgan fingerprint density at radius 1 is 1.12 bits per heavy atom. The van der Waals surface area contributed by atoms with Gasteiger partial charge in [0.05, 0.1) is 20.3 Å². The van der Waals surface area contributed by atoms with Gasteiger partial charge >= 0.3 is 0 Å². The summed E-state index contributed by atoms with van der Waals surface area (Å²) >= 11 is 0. The standard InChI is InChI=1S/C20H22N2O3/c1-13-5-6-17(9-14(13)2)22-20(23)16(12-21)10-15-11-18(24-3)7-8-19(15)25-4/h5-9,11,16H,10H2,1-4H3,(H,22,23)/t16-/m1/s1. The molecule has 2 aromatic rings. The van der Waals surface area contributed by atoms with E-state index in [9.17, 15) is 10.1 Å². The van der Waals surface area contributed by atoms with Crippen molar-refractivity contribution in [3.63, 3.8) is 0 Å². The molecule has 0 aliphatic rings. The molecule has 25 heavy (non-hydrogen) atoms. The van der Waals surface area contributed by atoms with E-state index in [1.54, 1.807) is 32.4 Å². The van der Waals surface area contributed by atoms with E-state index in [0.717, 1.165) is 16.7 Å². The second-order valence-electron chi connectivity index (χ2n) is 5.85. The fraction of sp³-hybridized carbons (Fsp3) is 0.300. The van der Waals surface area contributed by atoms with Gasteiger partial charge in [-0.2, -0.15) is 5.26 Å². The molecule has 0 aliphatic heterocycles. The van der Waals surface area contributed by atoms with Crippen molar-refractivity contribution in [1.82, 2.24) is 0 Å². The number of methoxy groups -OCH3 is 2. The van der Waals surface area contributed by atoms with Crippen LogP contribution in [0.4, 0.5) is 5.69 Å². The van der Waals surface area contributed by atoms with Crippen molar-refractivity contribution >= 4 is 11.6 Å². The molecule has 2 rings (SSSR count). The zero-order valence-electron chi connectivity index (χ0n) is 14.9. The molecule has 1 atom stereocenters. The van der Waals surface area contributed by atoms with Gasteiger partial charge in [-0.1, -0.05) is 6.07 Å². The number of anilines is 1. The predicted molar refractivity (Wildman–Crippen MR) is 96.9 cm³/mol. The first-order chi connectivity index (χ1) is 12.0. The SMILES string of the molecule is COc1ccc(OC)c(C[C@H](C#N)C(=O)Nc2ccc(C)c(C)c2)c1. The molecule has 0 saturated carbocycles. The van der Waals surface area contributed by atoms with Crippen LogP contribution in [0.15, 0.2) is 36.4 Å². The van der Waals surface area contributed by atoms with Gasteiger partial charge in [-0.05, 0) is 60.9 Å². The topological polar surface area (TPSA) is 71.3 Å². The fourth-order valence-corrected chi connectivity index (χ4v) is 2.51. The summed E-state index contributed by atoms with van der Waals surface area (Å²) in [6, 6.07) is 13.1. The molecule has 0 saturated heterocycles. The maximum Gasteiger partial charge on any atom is 0.242 e. The highest BCUT2D eigenvalue weighted by Gasteiger charge is 2.21. The molecule has 130 valence electrons. The van der Waals surface area contributed by atoms with Gasteiger partial charge in [-0.3, -0.25) is 4.79 Å². The summed E-state index contributed by atoms with van der Waals surface area (Å²) in [6.45, 7) is 3.99. The minimum absolute atomic E-state index is 0.244. The minimum Gasteiger partial charge on any atom is -0.497 e. The van der Waals surface area contributed by atoms with Crippen molar-refractivity contribution in [1.29, 1.82) is 5.26 Å². The molecule has 1 amide bonds. The van der Waals surface area contributed by atoms with Crippen LogP contribution in [0.3, 0.4) is 0 Å². The monoisotopic (exact) mass is 338 g/mol. The van der Waals surface area contributed by atoms with E-state index < -0.39 is 5.92 Å². The van der Waals surface area contributed by atoms with E-state index in [1.807, 2.05) is 32.0 Å². The smallest absolute Gasteiger partial charge is 0.242 e. The van der Waals surface area contributed by atoms with E-state index >= 15 is 0 Å². The van der Waals surface area contributed by atoms with E-state index in [-0.39, 0.29) is 12.3 Å². The van der Waals surface area contributed by atoms with Gasteiger partial charge < -0.3 is 14.8 Å². The number of carbonyl (C=O) groups excluding carboxylic acids is 1. The normalized spacial score (nSPS) is 11.3. The lowest BCUT2D eigenvalue weighted by Gasteiger charge is -2.14. The van der Waals surface area contributed by atoms with Crippen LogP contribution in [0, 0.1) is 31.1 Å². The Morgan fingerprint density at radius 3 is 2.48 bits per heavy atom. The Hall–Kier alpha value is -3.00. The van der Waals surface area contributed by atoms with Crippen LogP contribution in [0.25, 0.3) is 0 Å². The van der Waals surface area contributed by atoms with Gasteiger partial charge in [0.2, 0.25) is 5.91 Å². The zero-order valence-corrected chi connectivity index (χ0v) is 14.9. The molecule has 0 unspecified atom stereocenters. The Morgan fingerprint density at radius 2 is 1.88 bits per heavy atom. The zero-order chi connectivity index (χ0) is 18.4. The van der Waals surface area contributed by atoms with Crippen molar-refractivity contribution in [3.05, 3.63) is 53.1 Å². The Kier molecular flexibility index (Phi) is 6.02. The maximum atomic E-state index is 12.5. The summed E-state index contributed by atoms with van der Waals surface area (Å²) in [7, 11) is 3.13. The molecule has 0 radical (unpaired) electrons. The first kappa shape index (κ1) is 18.3. The lowest BCUT2D eigenvalue weighted by atomic mass is 9.98. The van der Waals surface area contributed by atoms with Crippen LogP contribution in [0.1, 0.15) is 16.7 Å². The summed E-state index contributed by atoms with van der Waals surface area (Å²) < 4.78 is 10.5. The third kappa shape index (κ3) is 4.51. The first-order valence-corrected chi connectivity index (χ1v) is 7.97. The molecular formula is C20H22N2O3. The molecule has 1 N–H and O–H groups in total. The summed E-state index contributed by atoms with van der Waals surface area (Å²) in [4.78, 5) is 12.5. The van der Waals surface area contributed by atoms with E-state index in [1.165, 1.54) is 0 Å². The van der Waals surface area contributed by atoms with Gasteiger partial charge in [0.1, 0.15) is 17.4 Å². The van der Waals surface area contributed by atoms with Crippen LogP contribution in [-0.4, -0.2) is 20.1 Å². The van der Waals surface area contributed by atoms with Gasteiger partial charge in [-0.25, -0.2) is 0 Å².